The highest BCUT2D eigenvalue weighted by molar-refractivity contribution is 5.80. The molecule has 0 spiro atoms. The number of hydrogen-bond acceptors (Lipinski definition) is 4. The molecule has 1 N–H and O–H groups in total. The molecule has 6 nitrogen and oxygen atoms in total. The molecule has 1 aromatic carbocycles. The lowest BCUT2D eigenvalue weighted by Crippen LogP contribution is -2.53. The summed E-state index contributed by atoms with van der Waals surface area (Å²) in [5.74, 6) is 1.95. The maximum absolute atomic E-state index is 5.35. The Balaban J connectivity index is 1.46. The summed E-state index contributed by atoms with van der Waals surface area (Å²) in [5.41, 5.74) is 1.23. The van der Waals surface area contributed by atoms with E-state index in [0.29, 0.717) is 0 Å². The molecule has 2 aliphatic rings. The lowest BCUT2D eigenvalue weighted by Gasteiger charge is -2.38. The number of benzene rings is 1. The van der Waals surface area contributed by atoms with Gasteiger partial charge in [0.25, 0.3) is 0 Å². The van der Waals surface area contributed by atoms with Crippen molar-refractivity contribution < 1.29 is 4.74 Å². The number of likely N-dealkylation sites (N-methyl/N-ethyl adjacent to an activating group) is 1. The van der Waals surface area contributed by atoms with Crippen LogP contribution in [0.4, 0.5) is 5.69 Å². The van der Waals surface area contributed by atoms with Crippen molar-refractivity contribution in [3.63, 3.8) is 0 Å². The minimum absolute atomic E-state index is 0.829. The number of anilines is 1. The molecule has 0 amide bonds. The molecule has 144 valence electrons. The smallest absolute Gasteiger partial charge is 0.193 e. The molecule has 1 aromatic rings. The molecule has 0 unspecified atom stereocenters. The third-order valence-corrected chi connectivity index (χ3v) is 5.36. The van der Waals surface area contributed by atoms with Crippen molar-refractivity contribution in [3.05, 3.63) is 24.3 Å². The van der Waals surface area contributed by atoms with Gasteiger partial charge in [0.1, 0.15) is 5.75 Å². The van der Waals surface area contributed by atoms with Gasteiger partial charge in [-0.25, -0.2) is 0 Å². The third kappa shape index (κ3) is 4.81. The van der Waals surface area contributed by atoms with E-state index < -0.39 is 0 Å². The van der Waals surface area contributed by atoms with E-state index in [0.717, 1.165) is 63.6 Å². The Labute approximate surface area is 157 Å². The Kier molecular flexibility index (Phi) is 6.61. The fourth-order valence-corrected chi connectivity index (χ4v) is 3.67. The van der Waals surface area contributed by atoms with Gasteiger partial charge in [0.2, 0.25) is 0 Å². The average molecular weight is 360 g/mol. The molecular weight excluding hydrogens is 326 g/mol. The Morgan fingerprint density at radius 3 is 2.65 bits per heavy atom. The van der Waals surface area contributed by atoms with Crippen LogP contribution in [0.25, 0.3) is 0 Å². The first kappa shape index (κ1) is 18.8. The number of piperazine rings is 1. The number of nitrogens with zero attached hydrogens (tertiary/aromatic N) is 4. The number of aliphatic imine (C=N–C) groups is 1. The Bertz CT molecular complexity index is 594. The second-order valence-corrected chi connectivity index (χ2v) is 7.01. The second-order valence-electron chi connectivity index (χ2n) is 7.01. The molecule has 1 heterocycles. The Hall–Kier alpha value is -1.95. The maximum atomic E-state index is 5.35. The number of rotatable bonds is 7. The third-order valence-electron chi connectivity index (χ3n) is 5.36. The lowest BCUT2D eigenvalue weighted by molar-refractivity contribution is 0.279. The first-order valence-corrected chi connectivity index (χ1v) is 9.83. The molecule has 1 aliphatic carbocycles. The van der Waals surface area contributed by atoms with E-state index in [1.807, 2.05) is 13.1 Å². The summed E-state index contributed by atoms with van der Waals surface area (Å²) >= 11 is 0. The van der Waals surface area contributed by atoms with Crippen LogP contribution in [0.5, 0.6) is 5.75 Å². The predicted molar refractivity (Wildman–Crippen MR) is 108 cm³/mol. The molecule has 1 aliphatic heterocycles. The van der Waals surface area contributed by atoms with Gasteiger partial charge in [-0.3, -0.25) is 9.89 Å². The summed E-state index contributed by atoms with van der Waals surface area (Å²) in [6.07, 6.45) is 2.74. The molecule has 0 aromatic heterocycles. The summed E-state index contributed by atoms with van der Waals surface area (Å²) in [5, 5.41) is 3.56. The SMILES string of the molecule is CCN(CCNC(=NC)N1CCN(c2cccc(OC)c2)CC1)C1CC1. The first-order valence-electron chi connectivity index (χ1n) is 9.83. The molecule has 3 rings (SSSR count). The molecule has 1 saturated heterocycles. The van der Waals surface area contributed by atoms with Gasteiger partial charge in [-0.1, -0.05) is 13.0 Å². The summed E-state index contributed by atoms with van der Waals surface area (Å²) in [6, 6.07) is 9.14. The maximum Gasteiger partial charge on any atom is 0.193 e. The van der Waals surface area contributed by atoms with E-state index in [1.165, 1.54) is 18.5 Å². The molecule has 0 bridgehead atoms. The first-order chi connectivity index (χ1) is 12.7. The van der Waals surface area contributed by atoms with Crippen LogP contribution in [0, 0.1) is 0 Å². The zero-order chi connectivity index (χ0) is 18.4. The Morgan fingerprint density at radius 2 is 2.04 bits per heavy atom. The van der Waals surface area contributed by atoms with Gasteiger partial charge in [0, 0.05) is 64.1 Å². The summed E-state index contributed by atoms with van der Waals surface area (Å²) < 4.78 is 5.35. The topological polar surface area (TPSA) is 43.3 Å². The summed E-state index contributed by atoms with van der Waals surface area (Å²) in [4.78, 5) is 11.8. The molecule has 1 saturated carbocycles. The van der Waals surface area contributed by atoms with Crippen LogP contribution in [0.2, 0.25) is 0 Å². The van der Waals surface area contributed by atoms with E-state index in [2.05, 4.69) is 50.1 Å². The van der Waals surface area contributed by atoms with Crippen molar-refractivity contribution in [2.75, 3.05) is 64.9 Å². The van der Waals surface area contributed by atoms with Gasteiger partial charge in [0.05, 0.1) is 7.11 Å². The van der Waals surface area contributed by atoms with E-state index in [9.17, 15) is 0 Å². The van der Waals surface area contributed by atoms with Crippen LogP contribution >= 0.6 is 0 Å². The largest absolute Gasteiger partial charge is 0.497 e. The number of ether oxygens (including phenoxy) is 1. The fraction of sp³-hybridized carbons (Fsp3) is 0.650. The highest BCUT2D eigenvalue weighted by Crippen LogP contribution is 2.26. The van der Waals surface area contributed by atoms with E-state index in [-0.39, 0.29) is 0 Å². The quantitative estimate of drug-likeness (QED) is 0.595. The van der Waals surface area contributed by atoms with Gasteiger partial charge < -0.3 is 19.9 Å². The van der Waals surface area contributed by atoms with Crippen molar-refractivity contribution in [3.8, 4) is 5.75 Å². The monoisotopic (exact) mass is 359 g/mol. The van der Waals surface area contributed by atoms with Crippen molar-refractivity contribution >= 4 is 11.6 Å². The zero-order valence-electron chi connectivity index (χ0n) is 16.4. The van der Waals surface area contributed by atoms with Gasteiger partial charge in [-0.15, -0.1) is 0 Å². The number of guanidine groups is 1. The molecule has 26 heavy (non-hydrogen) atoms. The van der Waals surface area contributed by atoms with Crippen molar-refractivity contribution in [2.45, 2.75) is 25.8 Å². The summed E-state index contributed by atoms with van der Waals surface area (Å²) in [7, 11) is 3.60. The highest BCUT2D eigenvalue weighted by Gasteiger charge is 2.27. The molecule has 6 heteroatoms. The van der Waals surface area contributed by atoms with Gasteiger partial charge >= 0.3 is 0 Å². The van der Waals surface area contributed by atoms with Crippen molar-refractivity contribution in [1.82, 2.24) is 15.1 Å². The van der Waals surface area contributed by atoms with Gasteiger partial charge in [-0.2, -0.15) is 0 Å². The molecular formula is C20H33N5O. The Morgan fingerprint density at radius 1 is 1.27 bits per heavy atom. The number of nitrogens with one attached hydrogen (secondary N) is 1. The van der Waals surface area contributed by atoms with Crippen LogP contribution in [0.1, 0.15) is 19.8 Å². The fourth-order valence-electron chi connectivity index (χ4n) is 3.67. The van der Waals surface area contributed by atoms with Crippen LogP contribution < -0.4 is 15.0 Å². The van der Waals surface area contributed by atoms with Gasteiger partial charge in [0.15, 0.2) is 5.96 Å². The molecule has 2 fully saturated rings. The number of hydrogen-bond donors (Lipinski definition) is 1. The minimum Gasteiger partial charge on any atom is -0.497 e. The van der Waals surface area contributed by atoms with Crippen LogP contribution in [-0.4, -0.2) is 81.8 Å². The molecule has 0 radical (unpaired) electrons. The summed E-state index contributed by atoms with van der Waals surface area (Å²) in [6.45, 7) is 9.42. The van der Waals surface area contributed by atoms with Crippen LogP contribution in [-0.2, 0) is 0 Å². The molecule has 0 atom stereocenters. The lowest BCUT2D eigenvalue weighted by atomic mass is 10.2. The normalized spacial score (nSPS) is 18.4. The van der Waals surface area contributed by atoms with E-state index in [4.69, 9.17) is 4.74 Å². The van der Waals surface area contributed by atoms with Crippen LogP contribution in [0.3, 0.4) is 0 Å². The standard InChI is InChI=1S/C20H33N5O/c1-4-23(17-8-9-17)11-10-22-20(21-2)25-14-12-24(13-15-25)18-6-5-7-19(16-18)26-3/h5-7,16-17H,4,8-15H2,1-3H3,(H,21,22). The van der Waals surface area contributed by atoms with E-state index in [1.54, 1.807) is 7.11 Å². The predicted octanol–water partition coefficient (Wildman–Crippen LogP) is 1.88. The zero-order valence-corrected chi connectivity index (χ0v) is 16.4. The average Bonchev–Trinajstić information content (AvgIpc) is 3.54. The van der Waals surface area contributed by atoms with Gasteiger partial charge in [-0.05, 0) is 31.5 Å². The van der Waals surface area contributed by atoms with Crippen LogP contribution in [0.15, 0.2) is 29.3 Å². The highest BCUT2D eigenvalue weighted by atomic mass is 16.5. The van der Waals surface area contributed by atoms with Crippen molar-refractivity contribution in [2.24, 2.45) is 4.99 Å². The minimum atomic E-state index is 0.829. The second kappa shape index (κ2) is 9.12. The van der Waals surface area contributed by atoms with Crippen molar-refractivity contribution in [1.29, 1.82) is 0 Å². The van der Waals surface area contributed by atoms with E-state index >= 15 is 0 Å². The number of methoxy groups -OCH3 is 1.